The topological polar surface area (TPSA) is 69.6 Å². The summed E-state index contributed by atoms with van der Waals surface area (Å²) in [7, 11) is 0. The molecule has 1 saturated carbocycles. The van der Waals surface area contributed by atoms with E-state index < -0.39 is 5.97 Å². The zero-order chi connectivity index (χ0) is 14.0. The number of rotatable bonds is 2. The zero-order valence-electron chi connectivity index (χ0n) is 11.8. The standard InChI is InChI=1S/C14H24N2O3/c1-9-4-3-5-10(2)16(9)14(19)15-12-7-6-11(8-12)13(17)18/h9-12H,3-8H2,1-2H3,(H,15,19)(H,17,18). The average Bonchev–Trinajstić information content (AvgIpc) is 2.77. The molecule has 2 fully saturated rings. The third-order valence-corrected chi connectivity index (χ3v) is 4.54. The lowest BCUT2D eigenvalue weighted by Crippen LogP contribution is -2.53. The van der Waals surface area contributed by atoms with Crippen molar-refractivity contribution in [3.63, 3.8) is 0 Å². The Bertz CT molecular complexity index is 349. The number of amides is 2. The van der Waals surface area contributed by atoms with Gasteiger partial charge in [0.2, 0.25) is 0 Å². The van der Waals surface area contributed by atoms with Crippen molar-refractivity contribution in [3.05, 3.63) is 0 Å². The maximum atomic E-state index is 12.3. The van der Waals surface area contributed by atoms with Crippen molar-refractivity contribution in [2.24, 2.45) is 5.92 Å². The molecule has 4 atom stereocenters. The highest BCUT2D eigenvalue weighted by molar-refractivity contribution is 5.76. The Morgan fingerprint density at radius 1 is 1.11 bits per heavy atom. The first-order chi connectivity index (χ1) is 8.99. The summed E-state index contributed by atoms with van der Waals surface area (Å²) in [5.41, 5.74) is 0. The fourth-order valence-corrected chi connectivity index (χ4v) is 3.41. The van der Waals surface area contributed by atoms with Crippen molar-refractivity contribution in [2.45, 2.75) is 70.5 Å². The van der Waals surface area contributed by atoms with E-state index in [-0.39, 0.29) is 30.1 Å². The lowest BCUT2D eigenvalue weighted by atomic mass is 9.98. The fraction of sp³-hybridized carbons (Fsp3) is 0.857. The Hall–Kier alpha value is -1.26. The molecule has 2 aliphatic rings. The molecule has 2 amide bonds. The van der Waals surface area contributed by atoms with Gasteiger partial charge in [0.15, 0.2) is 0 Å². The summed E-state index contributed by atoms with van der Waals surface area (Å²) in [5, 5.41) is 12.0. The number of likely N-dealkylation sites (tertiary alicyclic amines) is 1. The van der Waals surface area contributed by atoms with E-state index in [4.69, 9.17) is 5.11 Å². The molecule has 0 radical (unpaired) electrons. The summed E-state index contributed by atoms with van der Waals surface area (Å²) in [5.74, 6) is -1.03. The van der Waals surface area contributed by atoms with E-state index in [1.807, 2.05) is 4.90 Å². The number of hydrogen-bond acceptors (Lipinski definition) is 2. The van der Waals surface area contributed by atoms with Crippen LogP contribution in [0.25, 0.3) is 0 Å². The number of carbonyl (C=O) groups excluding carboxylic acids is 1. The second-order valence-corrected chi connectivity index (χ2v) is 6.03. The molecule has 5 heteroatoms. The highest BCUT2D eigenvalue weighted by Crippen LogP contribution is 2.27. The van der Waals surface area contributed by atoms with Gasteiger partial charge in [0.1, 0.15) is 0 Å². The predicted molar refractivity (Wildman–Crippen MR) is 71.9 cm³/mol. The number of piperidine rings is 1. The number of aliphatic carboxylic acids is 1. The molecular weight excluding hydrogens is 244 g/mol. The maximum absolute atomic E-state index is 12.3. The van der Waals surface area contributed by atoms with Crippen molar-refractivity contribution in [1.29, 1.82) is 0 Å². The maximum Gasteiger partial charge on any atom is 0.318 e. The quantitative estimate of drug-likeness (QED) is 0.806. The van der Waals surface area contributed by atoms with Crippen molar-refractivity contribution < 1.29 is 14.7 Å². The molecule has 0 bridgehead atoms. The van der Waals surface area contributed by atoms with Crippen molar-refractivity contribution in [3.8, 4) is 0 Å². The monoisotopic (exact) mass is 268 g/mol. The molecule has 108 valence electrons. The summed E-state index contributed by atoms with van der Waals surface area (Å²) in [6, 6.07) is 0.562. The van der Waals surface area contributed by atoms with E-state index in [0.29, 0.717) is 12.8 Å². The largest absolute Gasteiger partial charge is 0.481 e. The van der Waals surface area contributed by atoms with Crippen LogP contribution >= 0.6 is 0 Å². The van der Waals surface area contributed by atoms with Crippen molar-refractivity contribution in [2.75, 3.05) is 0 Å². The third kappa shape index (κ3) is 3.19. The Balaban J connectivity index is 1.89. The molecular formula is C14H24N2O3. The van der Waals surface area contributed by atoms with E-state index in [1.165, 1.54) is 6.42 Å². The van der Waals surface area contributed by atoms with Gasteiger partial charge >= 0.3 is 12.0 Å². The van der Waals surface area contributed by atoms with E-state index in [0.717, 1.165) is 19.3 Å². The number of nitrogens with one attached hydrogen (secondary N) is 1. The van der Waals surface area contributed by atoms with Crippen LogP contribution < -0.4 is 5.32 Å². The molecule has 0 aromatic heterocycles. The van der Waals surface area contributed by atoms with E-state index in [9.17, 15) is 9.59 Å². The molecule has 2 rings (SSSR count). The van der Waals surface area contributed by atoms with Crippen LogP contribution in [0.5, 0.6) is 0 Å². The number of hydrogen-bond donors (Lipinski definition) is 2. The van der Waals surface area contributed by atoms with Crippen LogP contribution in [0.1, 0.15) is 52.4 Å². The molecule has 1 heterocycles. The van der Waals surface area contributed by atoms with Crippen LogP contribution in [-0.2, 0) is 4.79 Å². The van der Waals surface area contributed by atoms with Gasteiger partial charge in [-0.05, 0) is 52.4 Å². The van der Waals surface area contributed by atoms with Crippen molar-refractivity contribution in [1.82, 2.24) is 10.2 Å². The first-order valence-electron chi connectivity index (χ1n) is 7.30. The Labute approximate surface area is 114 Å². The summed E-state index contributed by atoms with van der Waals surface area (Å²) in [6.45, 7) is 4.17. The van der Waals surface area contributed by atoms with E-state index in [1.54, 1.807) is 0 Å². The minimum Gasteiger partial charge on any atom is -0.481 e. The minimum absolute atomic E-state index is 0.0178. The van der Waals surface area contributed by atoms with Gasteiger partial charge in [0, 0.05) is 18.1 Å². The molecule has 0 aromatic rings. The molecule has 1 aliphatic heterocycles. The van der Waals surface area contributed by atoms with Crippen LogP contribution in [0.2, 0.25) is 0 Å². The van der Waals surface area contributed by atoms with Crippen LogP contribution in [0.3, 0.4) is 0 Å². The molecule has 0 aromatic carbocycles. The van der Waals surface area contributed by atoms with Gasteiger partial charge in [-0.3, -0.25) is 4.79 Å². The van der Waals surface area contributed by atoms with E-state index in [2.05, 4.69) is 19.2 Å². The second kappa shape index (κ2) is 5.80. The number of carbonyl (C=O) groups is 2. The zero-order valence-corrected chi connectivity index (χ0v) is 11.8. The first-order valence-corrected chi connectivity index (χ1v) is 7.30. The number of urea groups is 1. The molecule has 4 unspecified atom stereocenters. The summed E-state index contributed by atoms with van der Waals surface area (Å²) in [4.78, 5) is 25.2. The smallest absolute Gasteiger partial charge is 0.318 e. The lowest BCUT2D eigenvalue weighted by Gasteiger charge is -2.39. The van der Waals surface area contributed by atoms with Crippen molar-refractivity contribution >= 4 is 12.0 Å². The number of nitrogens with zero attached hydrogens (tertiary/aromatic N) is 1. The molecule has 2 N–H and O–H groups in total. The van der Waals surface area contributed by atoms with Gasteiger partial charge in [-0.25, -0.2) is 4.79 Å². The highest BCUT2D eigenvalue weighted by atomic mass is 16.4. The van der Waals surface area contributed by atoms with Gasteiger partial charge < -0.3 is 15.3 Å². The van der Waals surface area contributed by atoms with E-state index >= 15 is 0 Å². The first kappa shape index (κ1) is 14.2. The molecule has 1 saturated heterocycles. The van der Waals surface area contributed by atoms with Crippen LogP contribution in [0.15, 0.2) is 0 Å². The highest BCUT2D eigenvalue weighted by Gasteiger charge is 2.34. The number of carboxylic acids is 1. The van der Waals surface area contributed by atoms with Crippen LogP contribution in [-0.4, -0.2) is 40.1 Å². The van der Waals surface area contributed by atoms with Gasteiger partial charge in [0.05, 0.1) is 5.92 Å². The Kier molecular flexibility index (Phi) is 4.32. The molecule has 19 heavy (non-hydrogen) atoms. The third-order valence-electron chi connectivity index (χ3n) is 4.54. The predicted octanol–water partition coefficient (Wildman–Crippen LogP) is 2.21. The van der Waals surface area contributed by atoms with Crippen LogP contribution in [0.4, 0.5) is 4.79 Å². The van der Waals surface area contributed by atoms with Gasteiger partial charge in [-0.15, -0.1) is 0 Å². The SMILES string of the molecule is CC1CCCC(C)N1C(=O)NC1CCC(C(=O)O)C1. The summed E-state index contributed by atoms with van der Waals surface area (Å²) >= 11 is 0. The summed E-state index contributed by atoms with van der Waals surface area (Å²) in [6.07, 6.45) is 5.30. The minimum atomic E-state index is -0.739. The van der Waals surface area contributed by atoms with Crippen LogP contribution in [0, 0.1) is 5.92 Å². The second-order valence-electron chi connectivity index (χ2n) is 6.03. The van der Waals surface area contributed by atoms with Gasteiger partial charge in [0.25, 0.3) is 0 Å². The average molecular weight is 268 g/mol. The molecule has 0 spiro atoms. The fourth-order valence-electron chi connectivity index (χ4n) is 3.41. The number of carboxylic acid groups (broad SMARTS) is 1. The Morgan fingerprint density at radius 3 is 2.26 bits per heavy atom. The van der Waals surface area contributed by atoms with Gasteiger partial charge in [-0.2, -0.15) is 0 Å². The normalized spacial score (nSPS) is 35.2. The Morgan fingerprint density at radius 2 is 1.74 bits per heavy atom. The lowest BCUT2D eigenvalue weighted by molar-refractivity contribution is -0.141. The molecule has 1 aliphatic carbocycles. The van der Waals surface area contributed by atoms with Gasteiger partial charge in [-0.1, -0.05) is 0 Å². The molecule has 5 nitrogen and oxygen atoms in total. The summed E-state index contributed by atoms with van der Waals surface area (Å²) < 4.78 is 0.